The van der Waals surface area contributed by atoms with Crippen LogP contribution in [0, 0.1) is 18.2 Å². The smallest absolute Gasteiger partial charge is 0.227 e. The standard InChI is InChI=1S/C23H27FN2O2/c1-17-4-6-18(7-5-17)14-21(27)26-13-3-12-23(2,16-26)22(28)25-15-19-8-10-20(24)11-9-19/h4-11H,3,12-16H2,1-2H3,(H,25,28)/t23-/m0/s1. The minimum absolute atomic E-state index is 0.0566. The highest BCUT2D eigenvalue weighted by molar-refractivity contribution is 5.84. The third kappa shape index (κ3) is 4.97. The molecule has 1 heterocycles. The van der Waals surface area contributed by atoms with Crippen LogP contribution in [-0.4, -0.2) is 29.8 Å². The van der Waals surface area contributed by atoms with Crippen molar-refractivity contribution in [1.82, 2.24) is 10.2 Å². The third-order valence-corrected chi connectivity index (χ3v) is 5.44. The zero-order valence-electron chi connectivity index (χ0n) is 16.5. The molecule has 0 saturated carbocycles. The Balaban J connectivity index is 1.58. The topological polar surface area (TPSA) is 49.4 Å². The van der Waals surface area contributed by atoms with Gasteiger partial charge in [-0.2, -0.15) is 0 Å². The largest absolute Gasteiger partial charge is 0.351 e. The maximum Gasteiger partial charge on any atom is 0.227 e. The highest BCUT2D eigenvalue weighted by atomic mass is 19.1. The van der Waals surface area contributed by atoms with E-state index in [1.807, 2.05) is 38.1 Å². The minimum Gasteiger partial charge on any atom is -0.351 e. The summed E-state index contributed by atoms with van der Waals surface area (Å²) in [6, 6.07) is 14.1. The predicted molar refractivity (Wildman–Crippen MR) is 107 cm³/mol. The van der Waals surface area contributed by atoms with Gasteiger partial charge in [-0.3, -0.25) is 9.59 Å². The van der Waals surface area contributed by atoms with Crippen molar-refractivity contribution in [3.63, 3.8) is 0 Å². The van der Waals surface area contributed by atoms with E-state index < -0.39 is 5.41 Å². The first-order valence-corrected chi connectivity index (χ1v) is 9.72. The second kappa shape index (κ2) is 8.55. The average molecular weight is 382 g/mol. The quantitative estimate of drug-likeness (QED) is 0.859. The van der Waals surface area contributed by atoms with E-state index in [1.165, 1.54) is 17.7 Å². The molecule has 3 rings (SSSR count). The third-order valence-electron chi connectivity index (χ3n) is 5.44. The maximum absolute atomic E-state index is 13.0. The molecule has 1 atom stereocenters. The van der Waals surface area contributed by atoms with Gasteiger partial charge >= 0.3 is 0 Å². The van der Waals surface area contributed by atoms with E-state index in [2.05, 4.69) is 5.32 Å². The maximum atomic E-state index is 13.0. The molecule has 1 N–H and O–H groups in total. The summed E-state index contributed by atoms with van der Waals surface area (Å²) in [7, 11) is 0. The lowest BCUT2D eigenvalue weighted by atomic mass is 9.80. The summed E-state index contributed by atoms with van der Waals surface area (Å²) in [6.07, 6.45) is 1.91. The molecule has 148 valence electrons. The summed E-state index contributed by atoms with van der Waals surface area (Å²) >= 11 is 0. The van der Waals surface area contributed by atoms with Crippen LogP contribution in [-0.2, 0) is 22.6 Å². The summed E-state index contributed by atoms with van der Waals surface area (Å²) in [6.45, 7) is 5.40. The van der Waals surface area contributed by atoms with Crippen molar-refractivity contribution in [3.8, 4) is 0 Å². The molecule has 1 fully saturated rings. The van der Waals surface area contributed by atoms with Crippen molar-refractivity contribution in [3.05, 3.63) is 71.0 Å². The predicted octanol–water partition coefficient (Wildman–Crippen LogP) is 3.62. The number of amides is 2. The highest BCUT2D eigenvalue weighted by Crippen LogP contribution is 2.30. The second-order valence-corrected chi connectivity index (χ2v) is 7.95. The molecule has 1 aliphatic heterocycles. The van der Waals surface area contributed by atoms with Crippen LogP contribution >= 0.6 is 0 Å². The molecule has 4 nitrogen and oxygen atoms in total. The molecule has 28 heavy (non-hydrogen) atoms. The molecule has 2 aromatic rings. The average Bonchev–Trinajstić information content (AvgIpc) is 2.69. The molecular formula is C23H27FN2O2. The zero-order valence-corrected chi connectivity index (χ0v) is 16.5. The Hall–Kier alpha value is -2.69. The van der Waals surface area contributed by atoms with Crippen molar-refractivity contribution >= 4 is 11.8 Å². The number of likely N-dealkylation sites (tertiary alicyclic amines) is 1. The number of carbonyl (C=O) groups excluding carboxylic acids is 2. The molecule has 0 aliphatic carbocycles. The lowest BCUT2D eigenvalue weighted by Crippen LogP contribution is -2.52. The molecule has 5 heteroatoms. The fraction of sp³-hybridized carbons (Fsp3) is 0.391. The van der Waals surface area contributed by atoms with Crippen molar-refractivity contribution in [2.24, 2.45) is 5.41 Å². The van der Waals surface area contributed by atoms with Crippen LogP contribution in [0.5, 0.6) is 0 Å². The summed E-state index contributed by atoms with van der Waals surface area (Å²) in [5, 5.41) is 2.94. The van der Waals surface area contributed by atoms with E-state index in [9.17, 15) is 14.0 Å². The Labute approximate surface area is 165 Å². The van der Waals surface area contributed by atoms with Crippen LogP contribution < -0.4 is 5.32 Å². The van der Waals surface area contributed by atoms with Crippen LogP contribution in [0.25, 0.3) is 0 Å². The van der Waals surface area contributed by atoms with E-state index in [0.29, 0.717) is 26.1 Å². The Morgan fingerprint density at radius 1 is 1.07 bits per heavy atom. The fourth-order valence-electron chi connectivity index (χ4n) is 3.63. The Morgan fingerprint density at radius 3 is 2.39 bits per heavy atom. The number of halogens is 1. The molecule has 0 spiro atoms. The monoisotopic (exact) mass is 382 g/mol. The van der Waals surface area contributed by atoms with Crippen LogP contribution in [0.3, 0.4) is 0 Å². The summed E-state index contributed by atoms with van der Waals surface area (Å²) < 4.78 is 13.0. The summed E-state index contributed by atoms with van der Waals surface area (Å²) in [5.74, 6) is -0.303. The Kier molecular flexibility index (Phi) is 6.12. The van der Waals surface area contributed by atoms with Crippen molar-refractivity contribution in [2.75, 3.05) is 13.1 Å². The number of hydrogen-bond acceptors (Lipinski definition) is 2. The van der Waals surface area contributed by atoms with E-state index in [1.54, 1.807) is 17.0 Å². The van der Waals surface area contributed by atoms with E-state index >= 15 is 0 Å². The van der Waals surface area contributed by atoms with Crippen LogP contribution in [0.1, 0.15) is 36.5 Å². The van der Waals surface area contributed by atoms with Gasteiger partial charge in [0.1, 0.15) is 5.82 Å². The molecule has 0 radical (unpaired) electrons. The number of rotatable bonds is 5. The summed E-state index contributed by atoms with van der Waals surface area (Å²) in [4.78, 5) is 27.3. The number of hydrogen-bond donors (Lipinski definition) is 1. The van der Waals surface area contributed by atoms with Gasteiger partial charge in [-0.1, -0.05) is 42.0 Å². The van der Waals surface area contributed by atoms with Crippen molar-refractivity contribution < 1.29 is 14.0 Å². The number of benzene rings is 2. The first-order valence-electron chi connectivity index (χ1n) is 9.72. The molecule has 0 unspecified atom stereocenters. The Bertz CT molecular complexity index is 833. The van der Waals surface area contributed by atoms with Crippen LogP contribution in [0.15, 0.2) is 48.5 Å². The number of piperidine rings is 1. The highest BCUT2D eigenvalue weighted by Gasteiger charge is 2.39. The number of nitrogens with zero attached hydrogens (tertiary/aromatic N) is 1. The number of aryl methyl sites for hydroxylation is 1. The van der Waals surface area contributed by atoms with Gasteiger partial charge in [-0.25, -0.2) is 4.39 Å². The summed E-state index contributed by atoms with van der Waals surface area (Å²) in [5.41, 5.74) is 2.39. The number of carbonyl (C=O) groups is 2. The molecular weight excluding hydrogens is 355 g/mol. The van der Waals surface area contributed by atoms with Gasteiger partial charge in [0.15, 0.2) is 0 Å². The lowest BCUT2D eigenvalue weighted by Gasteiger charge is -2.39. The van der Waals surface area contributed by atoms with E-state index in [-0.39, 0.29) is 17.6 Å². The van der Waals surface area contributed by atoms with Gasteiger partial charge in [0.2, 0.25) is 11.8 Å². The van der Waals surface area contributed by atoms with E-state index in [4.69, 9.17) is 0 Å². The molecule has 2 amide bonds. The normalized spacial score (nSPS) is 19.3. The fourth-order valence-corrected chi connectivity index (χ4v) is 3.63. The van der Waals surface area contributed by atoms with Gasteiger partial charge in [-0.15, -0.1) is 0 Å². The van der Waals surface area contributed by atoms with Crippen molar-refractivity contribution in [2.45, 2.75) is 39.7 Å². The molecule has 1 aliphatic rings. The van der Waals surface area contributed by atoms with E-state index in [0.717, 1.165) is 24.0 Å². The second-order valence-electron chi connectivity index (χ2n) is 7.95. The molecule has 1 saturated heterocycles. The van der Waals surface area contributed by atoms with Gasteiger partial charge in [0, 0.05) is 19.6 Å². The van der Waals surface area contributed by atoms with Gasteiger partial charge in [-0.05, 0) is 49.9 Å². The molecule has 0 aromatic heterocycles. The van der Waals surface area contributed by atoms with Crippen LogP contribution in [0.4, 0.5) is 4.39 Å². The SMILES string of the molecule is Cc1ccc(CC(=O)N2CCC[C@](C)(C(=O)NCc3ccc(F)cc3)C2)cc1. The molecule has 0 bridgehead atoms. The zero-order chi connectivity index (χ0) is 20.1. The van der Waals surface area contributed by atoms with Crippen LogP contribution in [0.2, 0.25) is 0 Å². The first kappa shape index (κ1) is 20.1. The molecule has 2 aromatic carbocycles. The van der Waals surface area contributed by atoms with Gasteiger partial charge in [0.25, 0.3) is 0 Å². The van der Waals surface area contributed by atoms with Crippen molar-refractivity contribution in [1.29, 1.82) is 0 Å². The van der Waals surface area contributed by atoms with Gasteiger partial charge in [0.05, 0.1) is 11.8 Å². The first-order chi connectivity index (χ1) is 13.4. The minimum atomic E-state index is -0.610. The van der Waals surface area contributed by atoms with Gasteiger partial charge < -0.3 is 10.2 Å². The Morgan fingerprint density at radius 2 is 1.71 bits per heavy atom. The number of nitrogens with one attached hydrogen (secondary N) is 1. The lowest BCUT2D eigenvalue weighted by molar-refractivity contribution is -0.140.